The molecule has 4 aromatic rings. The molecule has 0 aliphatic carbocycles. The van der Waals surface area contributed by atoms with Crippen molar-refractivity contribution in [1.82, 2.24) is 19.7 Å². The molecule has 4 N–H and O–H groups in total. The van der Waals surface area contributed by atoms with Gasteiger partial charge in [0.2, 0.25) is 5.60 Å². The SMILES string of the molecule is CCOC(=O)[C@H](Cc1ccccc1)NP(=O)(Oc1ccccc1)OC1CO[C@@](C#N)(c2ccc3c(N)ncnn23)[C@@H](C)C1O. The predicted octanol–water partition coefficient (Wildman–Crippen LogP) is 3.39. The molecule has 5 rings (SSSR count). The number of esters is 1. The maximum Gasteiger partial charge on any atom is 0.459 e. The molecule has 44 heavy (non-hydrogen) atoms. The van der Waals surface area contributed by atoms with Gasteiger partial charge in [0.05, 0.1) is 25.0 Å². The van der Waals surface area contributed by atoms with Crippen LogP contribution in [0.2, 0.25) is 0 Å². The maximum absolute atomic E-state index is 14.5. The largest absolute Gasteiger partial charge is 0.465 e. The first-order valence-electron chi connectivity index (χ1n) is 14.0. The Labute approximate surface area is 254 Å². The Morgan fingerprint density at radius 2 is 1.93 bits per heavy atom. The molecule has 1 aliphatic rings. The van der Waals surface area contributed by atoms with Crippen molar-refractivity contribution in [1.29, 1.82) is 5.26 Å². The Kier molecular flexibility index (Phi) is 9.29. The van der Waals surface area contributed by atoms with Crippen LogP contribution in [0.3, 0.4) is 0 Å². The molecule has 2 aromatic heterocycles. The van der Waals surface area contributed by atoms with Crippen LogP contribution >= 0.6 is 7.75 Å². The highest BCUT2D eigenvalue weighted by molar-refractivity contribution is 7.52. The van der Waals surface area contributed by atoms with Gasteiger partial charge in [-0.2, -0.15) is 15.4 Å². The number of rotatable bonds is 11. The molecule has 6 atom stereocenters. The van der Waals surface area contributed by atoms with Gasteiger partial charge in [0.25, 0.3) is 0 Å². The predicted molar refractivity (Wildman–Crippen MR) is 159 cm³/mol. The molecule has 1 fully saturated rings. The number of anilines is 1. The molecule has 230 valence electrons. The first kappa shape index (κ1) is 31.1. The maximum atomic E-state index is 14.5. The van der Waals surface area contributed by atoms with Crippen molar-refractivity contribution in [2.24, 2.45) is 5.92 Å². The number of aliphatic hydroxyl groups is 1. The van der Waals surface area contributed by atoms with E-state index in [1.807, 2.05) is 30.3 Å². The summed E-state index contributed by atoms with van der Waals surface area (Å²) in [4.78, 5) is 17.0. The number of fused-ring (bicyclic) bond motifs is 1. The summed E-state index contributed by atoms with van der Waals surface area (Å²) in [7, 11) is -4.42. The Hall–Kier alpha value is -4.31. The number of benzene rings is 2. The Morgan fingerprint density at radius 1 is 1.23 bits per heavy atom. The van der Waals surface area contributed by atoms with Gasteiger partial charge in [-0.05, 0) is 43.2 Å². The van der Waals surface area contributed by atoms with Crippen molar-refractivity contribution < 1.29 is 33.0 Å². The second-order valence-electron chi connectivity index (χ2n) is 10.3. The summed E-state index contributed by atoms with van der Waals surface area (Å²) in [5, 5.41) is 28.8. The number of ether oxygens (including phenoxy) is 2. The van der Waals surface area contributed by atoms with Gasteiger partial charge in [0, 0.05) is 5.92 Å². The number of nitrogens with two attached hydrogens (primary N) is 1. The van der Waals surface area contributed by atoms with E-state index in [2.05, 4.69) is 21.2 Å². The molecule has 1 saturated heterocycles. The summed E-state index contributed by atoms with van der Waals surface area (Å²) in [6.45, 7) is 3.03. The van der Waals surface area contributed by atoms with Gasteiger partial charge in [-0.15, -0.1) is 0 Å². The lowest BCUT2D eigenvalue weighted by atomic mass is 9.79. The number of carbonyl (C=O) groups is 1. The Balaban J connectivity index is 1.44. The van der Waals surface area contributed by atoms with E-state index in [9.17, 15) is 19.7 Å². The standard InChI is InChI=1S/C30H33N6O7P/c1-3-40-29(38)23(16-21-10-6-4-7-11-21)35-44(39,42-22-12-8-5-9-13-22)43-25-17-41-30(18-31,20(2)27(25)37)26-15-14-24-28(32)33-19-34-36(24)26/h4-15,19-20,23,25,27,37H,3,16-17H2,1-2H3,(H,35,39)(H2,32,33,34)/t20-,23-,25?,27?,30+,44?/m0/s1. The van der Waals surface area contributed by atoms with Crippen LogP contribution in [0.4, 0.5) is 5.82 Å². The van der Waals surface area contributed by atoms with Gasteiger partial charge in [-0.3, -0.25) is 9.32 Å². The third-order valence-corrected chi connectivity index (χ3v) is 9.08. The molecule has 0 saturated carbocycles. The minimum atomic E-state index is -4.42. The van der Waals surface area contributed by atoms with Crippen molar-refractivity contribution in [3.05, 3.63) is 90.4 Å². The molecule has 1 aliphatic heterocycles. The summed E-state index contributed by atoms with van der Waals surface area (Å²) < 4.78 is 39.1. The van der Waals surface area contributed by atoms with Crippen molar-refractivity contribution >= 4 is 25.1 Å². The smallest absolute Gasteiger partial charge is 0.459 e. The number of hydrogen-bond donors (Lipinski definition) is 3. The van der Waals surface area contributed by atoms with Crippen molar-refractivity contribution in [2.75, 3.05) is 18.9 Å². The fraction of sp³-hybridized carbons (Fsp3) is 0.333. The molecule has 2 aromatic carbocycles. The van der Waals surface area contributed by atoms with Crippen molar-refractivity contribution in [2.45, 2.75) is 44.1 Å². The normalized spacial score (nSPS) is 23.7. The van der Waals surface area contributed by atoms with Crippen LogP contribution in [-0.4, -0.2) is 57.1 Å². The van der Waals surface area contributed by atoms with Gasteiger partial charge in [0.15, 0.2) is 5.82 Å². The molecule has 0 radical (unpaired) electrons. The van der Waals surface area contributed by atoms with E-state index in [1.54, 1.807) is 56.3 Å². The van der Waals surface area contributed by atoms with Gasteiger partial charge in [-0.25, -0.2) is 14.1 Å². The van der Waals surface area contributed by atoms with E-state index in [-0.39, 0.29) is 31.2 Å². The second kappa shape index (κ2) is 13.1. The molecule has 0 amide bonds. The highest BCUT2D eigenvalue weighted by Crippen LogP contribution is 2.50. The Bertz CT molecular complexity index is 1680. The van der Waals surface area contributed by atoms with Gasteiger partial charge >= 0.3 is 13.7 Å². The zero-order valence-corrected chi connectivity index (χ0v) is 25.0. The third kappa shape index (κ3) is 6.31. The van der Waals surface area contributed by atoms with Crippen LogP contribution < -0.4 is 15.3 Å². The number of nitrogens with one attached hydrogen (secondary N) is 1. The van der Waals surface area contributed by atoms with Crippen LogP contribution in [0, 0.1) is 17.2 Å². The fourth-order valence-corrected chi connectivity index (χ4v) is 6.85. The number of nitrogen functional groups attached to an aromatic ring is 1. The summed E-state index contributed by atoms with van der Waals surface area (Å²) in [6.07, 6.45) is -1.21. The van der Waals surface area contributed by atoms with Gasteiger partial charge in [0.1, 0.15) is 35.8 Å². The average Bonchev–Trinajstić information content (AvgIpc) is 3.47. The number of nitriles is 1. The lowest BCUT2D eigenvalue weighted by molar-refractivity contribution is -0.183. The van der Waals surface area contributed by atoms with E-state index in [0.717, 1.165) is 5.56 Å². The molecule has 13 nitrogen and oxygen atoms in total. The molecule has 3 heterocycles. The highest BCUT2D eigenvalue weighted by atomic mass is 31.2. The highest BCUT2D eigenvalue weighted by Gasteiger charge is 2.53. The van der Waals surface area contributed by atoms with E-state index in [0.29, 0.717) is 11.2 Å². The number of para-hydroxylation sites is 1. The summed E-state index contributed by atoms with van der Waals surface area (Å²) in [5.41, 5.74) is 5.90. The fourth-order valence-electron chi connectivity index (χ4n) is 5.17. The van der Waals surface area contributed by atoms with E-state index >= 15 is 0 Å². The quantitative estimate of drug-likeness (QED) is 0.164. The zero-order chi connectivity index (χ0) is 31.3. The summed E-state index contributed by atoms with van der Waals surface area (Å²) in [6, 6.07) is 21.8. The monoisotopic (exact) mass is 620 g/mol. The van der Waals surface area contributed by atoms with Crippen molar-refractivity contribution in [3.63, 3.8) is 0 Å². The first-order chi connectivity index (χ1) is 21.2. The summed E-state index contributed by atoms with van der Waals surface area (Å²) in [5.74, 6) is -1.15. The zero-order valence-electron chi connectivity index (χ0n) is 24.1. The molecule has 14 heteroatoms. The molecular weight excluding hydrogens is 587 g/mol. The van der Waals surface area contributed by atoms with Crippen molar-refractivity contribution in [3.8, 4) is 11.8 Å². The molecule has 0 bridgehead atoms. The van der Waals surface area contributed by atoms with E-state index < -0.39 is 43.5 Å². The van der Waals surface area contributed by atoms with Gasteiger partial charge in [-0.1, -0.05) is 55.5 Å². The van der Waals surface area contributed by atoms with Gasteiger partial charge < -0.3 is 24.8 Å². The minimum absolute atomic E-state index is 0.102. The first-order valence-corrected chi connectivity index (χ1v) is 15.6. The number of aliphatic hydroxyl groups excluding tert-OH is 1. The lowest BCUT2D eigenvalue weighted by Crippen LogP contribution is -2.55. The lowest BCUT2D eigenvalue weighted by Gasteiger charge is -2.43. The van der Waals surface area contributed by atoms with Crippen LogP contribution in [-0.2, 0) is 35.4 Å². The molecular formula is C30H33N6O7P. The van der Waals surface area contributed by atoms with Crippen LogP contribution in [0.25, 0.3) is 5.52 Å². The molecule has 0 spiro atoms. The topological polar surface area (TPSA) is 183 Å². The minimum Gasteiger partial charge on any atom is -0.465 e. The average molecular weight is 621 g/mol. The Morgan fingerprint density at radius 3 is 2.61 bits per heavy atom. The number of carbonyl (C=O) groups excluding carboxylic acids is 1. The van der Waals surface area contributed by atoms with E-state index in [1.165, 1.54) is 10.8 Å². The van der Waals surface area contributed by atoms with Crippen LogP contribution in [0.5, 0.6) is 5.75 Å². The number of aromatic nitrogens is 3. The number of nitrogens with zero attached hydrogens (tertiary/aromatic N) is 4. The second-order valence-corrected chi connectivity index (χ2v) is 11.9. The van der Waals surface area contributed by atoms with Crippen LogP contribution in [0.1, 0.15) is 25.1 Å². The van der Waals surface area contributed by atoms with Crippen LogP contribution in [0.15, 0.2) is 79.1 Å². The van der Waals surface area contributed by atoms with E-state index in [4.69, 9.17) is 24.3 Å². The molecule has 3 unspecified atom stereocenters. The number of hydrogen-bond acceptors (Lipinski definition) is 11. The third-order valence-electron chi connectivity index (χ3n) is 7.45. The summed E-state index contributed by atoms with van der Waals surface area (Å²) >= 11 is 0.